The van der Waals surface area contributed by atoms with Crippen LogP contribution in [-0.2, 0) is 9.59 Å². The van der Waals surface area contributed by atoms with E-state index in [0.29, 0.717) is 17.7 Å². The van der Waals surface area contributed by atoms with Crippen molar-refractivity contribution in [2.24, 2.45) is 5.92 Å². The van der Waals surface area contributed by atoms with Crippen LogP contribution in [0, 0.1) is 19.8 Å². The first-order valence-electron chi connectivity index (χ1n) is 11.6. The van der Waals surface area contributed by atoms with Crippen molar-refractivity contribution < 1.29 is 14.4 Å². The lowest BCUT2D eigenvalue weighted by molar-refractivity contribution is -0.142. The molecule has 2 unspecified atom stereocenters. The van der Waals surface area contributed by atoms with E-state index in [9.17, 15) is 14.4 Å². The van der Waals surface area contributed by atoms with Crippen molar-refractivity contribution in [3.05, 3.63) is 46.2 Å². The minimum Gasteiger partial charge on any atom is -0.341 e. The van der Waals surface area contributed by atoms with Gasteiger partial charge < -0.3 is 15.1 Å². The molecule has 1 fully saturated rings. The quantitative estimate of drug-likeness (QED) is 0.768. The zero-order valence-corrected chi connectivity index (χ0v) is 19.8. The number of nitrogens with zero attached hydrogens (tertiary/aromatic N) is 3. The standard InChI is InChI=1S/C25H34N4O3/c1-15(2)12-19(23(30)28-10-6-7-11-28)29-14-20-21(24(29)31)22(26-25(32)27(20)5)18-9-8-16(3)13-17(18)4/h8-9,13,15,19,22H,6-7,10-12,14H2,1-5H3,(H,26,32). The van der Waals surface area contributed by atoms with Crippen molar-refractivity contribution in [2.75, 3.05) is 26.7 Å². The second kappa shape index (κ2) is 8.60. The van der Waals surface area contributed by atoms with Crippen molar-refractivity contribution in [1.82, 2.24) is 20.0 Å². The molecule has 0 spiro atoms. The summed E-state index contributed by atoms with van der Waals surface area (Å²) in [5.74, 6) is 0.161. The highest BCUT2D eigenvalue weighted by atomic mass is 16.2. The maximum atomic E-state index is 13.8. The summed E-state index contributed by atoms with van der Waals surface area (Å²) in [5.41, 5.74) is 4.37. The van der Waals surface area contributed by atoms with Gasteiger partial charge in [-0.2, -0.15) is 0 Å². The number of likely N-dealkylation sites (N-methyl/N-ethyl adjacent to an activating group) is 1. The number of carbonyl (C=O) groups is 3. The lowest BCUT2D eigenvalue weighted by Gasteiger charge is -2.32. The molecule has 7 heteroatoms. The molecule has 0 aliphatic carbocycles. The van der Waals surface area contributed by atoms with Gasteiger partial charge in [-0.3, -0.25) is 14.5 Å². The molecule has 3 aliphatic rings. The van der Waals surface area contributed by atoms with Gasteiger partial charge >= 0.3 is 6.03 Å². The van der Waals surface area contributed by atoms with E-state index in [1.165, 1.54) is 4.90 Å². The first kappa shape index (κ1) is 22.4. The first-order chi connectivity index (χ1) is 15.2. The largest absolute Gasteiger partial charge is 0.341 e. The van der Waals surface area contributed by atoms with Crippen LogP contribution in [0.3, 0.4) is 0 Å². The Morgan fingerprint density at radius 2 is 1.84 bits per heavy atom. The highest BCUT2D eigenvalue weighted by Gasteiger charge is 2.47. The van der Waals surface area contributed by atoms with Gasteiger partial charge in [0.05, 0.1) is 23.9 Å². The molecule has 7 nitrogen and oxygen atoms in total. The van der Waals surface area contributed by atoms with Crippen LogP contribution >= 0.6 is 0 Å². The number of aryl methyl sites for hydroxylation is 2. The Morgan fingerprint density at radius 1 is 1.16 bits per heavy atom. The number of hydrogen-bond donors (Lipinski definition) is 1. The number of benzene rings is 1. The number of rotatable bonds is 5. The lowest BCUT2D eigenvalue weighted by Crippen LogP contribution is -2.50. The van der Waals surface area contributed by atoms with E-state index in [1.54, 1.807) is 11.9 Å². The number of amides is 4. The fraction of sp³-hybridized carbons (Fsp3) is 0.560. The molecule has 172 valence electrons. The van der Waals surface area contributed by atoms with Crippen molar-refractivity contribution >= 4 is 17.8 Å². The van der Waals surface area contributed by atoms with Crippen molar-refractivity contribution in [2.45, 2.75) is 59.0 Å². The Kier molecular flexibility index (Phi) is 6.01. The van der Waals surface area contributed by atoms with Gasteiger partial charge in [-0.15, -0.1) is 0 Å². The topological polar surface area (TPSA) is 73.0 Å². The Labute approximate surface area is 190 Å². The monoisotopic (exact) mass is 438 g/mol. The predicted octanol–water partition coefficient (Wildman–Crippen LogP) is 3.13. The molecule has 1 aromatic rings. The van der Waals surface area contributed by atoms with E-state index in [4.69, 9.17) is 0 Å². The van der Waals surface area contributed by atoms with E-state index in [0.717, 1.165) is 42.6 Å². The van der Waals surface area contributed by atoms with Gasteiger partial charge in [0.25, 0.3) is 5.91 Å². The molecule has 4 rings (SSSR count). The second-order valence-electron chi connectivity index (χ2n) is 9.77. The van der Waals surface area contributed by atoms with Crippen LogP contribution in [0.4, 0.5) is 4.79 Å². The van der Waals surface area contributed by atoms with E-state index >= 15 is 0 Å². The molecule has 32 heavy (non-hydrogen) atoms. The molecule has 0 aromatic heterocycles. The van der Waals surface area contributed by atoms with Crippen molar-refractivity contribution in [3.63, 3.8) is 0 Å². The molecule has 3 aliphatic heterocycles. The van der Waals surface area contributed by atoms with Gasteiger partial charge in [0.1, 0.15) is 6.04 Å². The van der Waals surface area contributed by atoms with Gasteiger partial charge in [-0.05, 0) is 50.2 Å². The minimum atomic E-state index is -0.506. The molecule has 0 radical (unpaired) electrons. The number of nitrogens with one attached hydrogen (secondary N) is 1. The van der Waals surface area contributed by atoms with Crippen LogP contribution in [0.2, 0.25) is 0 Å². The number of carbonyl (C=O) groups excluding carboxylic acids is 3. The maximum Gasteiger partial charge on any atom is 0.322 e. The summed E-state index contributed by atoms with van der Waals surface area (Å²) in [6.45, 7) is 9.99. The molecular weight excluding hydrogens is 404 g/mol. The lowest BCUT2D eigenvalue weighted by atomic mass is 9.91. The third-order valence-corrected chi connectivity index (χ3v) is 6.90. The first-order valence-corrected chi connectivity index (χ1v) is 11.6. The van der Waals surface area contributed by atoms with Gasteiger partial charge in [0.2, 0.25) is 5.91 Å². The predicted molar refractivity (Wildman–Crippen MR) is 123 cm³/mol. The fourth-order valence-electron chi connectivity index (χ4n) is 5.18. The Morgan fingerprint density at radius 3 is 2.47 bits per heavy atom. The molecule has 2 atom stereocenters. The second-order valence-corrected chi connectivity index (χ2v) is 9.77. The highest BCUT2D eigenvalue weighted by Crippen LogP contribution is 2.38. The summed E-state index contributed by atoms with van der Waals surface area (Å²) in [7, 11) is 1.69. The molecular formula is C25H34N4O3. The van der Waals surface area contributed by atoms with Gasteiger partial charge in [0, 0.05) is 20.1 Å². The molecule has 1 N–H and O–H groups in total. The summed E-state index contributed by atoms with van der Waals surface area (Å²) in [4.78, 5) is 45.1. The van der Waals surface area contributed by atoms with E-state index < -0.39 is 12.1 Å². The normalized spacial score (nSPS) is 22.1. The Hall–Kier alpha value is -2.83. The molecule has 1 aromatic carbocycles. The SMILES string of the molecule is Cc1ccc(C2NC(=O)N(C)C3=C2C(=O)N(C(CC(C)C)C(=O)N2CCCC2)C3)c(C)c1. The van der Waals surface area contributed by atoms with Crippen LogP contribution in [0.1, 0.15) is 55.8 Å². The minimum absolute atomic E-state index is 0.0365. The molecule has 0 saturated carbocycles. The molecule has 4 amide bonds. The van der Waals surface area contributed by atoms with Gasteiger partial charge in [-0.25, -0.2) is 4.79 Å². The average Bonchev–Trinajstić information content (AvgIpc) is 3.37. The Bertz CT molecular complexity index is 977. The van der Waals surface area contributed by atoms with E-state index in [2.05, 4.69) is 25.2 Å². The number of likely N-dealkylation sites (tertiary alicyclic amines) is 1. The molecule has 1 saturated heterocycles. The fourth-order valence-corrected chi connectivity index (χ4v) is 5.18. The van der Waals surface area contributed by atoms with Crippen LogP contribution in [0.15, 0.2) is 29.5 Å². The zero-order chi connectivity index (χ0) is 23.2. The summed E-state index contributed by atoms with van der Waals surface area (Å²) in [6.07, 6.45) is 2.64. The summed E-state index contributed by atoms with van der Waals surface area (Å²) < 4.78 is 0. The van der Waals surface area contributed by atoms with Gasteiger partial charge in [0.15, 0.2) is 0 Å². The number of urea groups is 1. The molecule has 0 bridgehead atoms. The Balaban J connectivity index is 1.70. The smallest absolute Gasteiger partial charge is 0.322 e. The van der Waals surface area contributed by atoms with Crippen LogP contribution in [0.5, 0.6) is 0 Å². The zero-order valence-electron chi connectivity index (χ0n) is 19.8. The number of hydrogen-bond acceptors (Lipinski definition) is 3. The van der Waals surface area contributed by atoms with Crippen LogP contribution < -0.4 is 5.32 Å². The summed E-state index contributed by atoms with van der Waals surface area (Å²) >= 11 is 0. The highest BCUT2D eigenvalue weighted by molar-refractivity contribution is 6.03. The third kappa shape index (κ3) is 3.89. The van der Waals surface area contributed by atoms with E-state index in [-0.39, 0.29) is 30.3 Å². The van der Waals surface area contributed by atoms with Crippen molar-refractivity contribution in [3.8, 4) is 0 Å². The van der Waals surface area contributed by atoms with Crippen molar-refractivity contribution in [1.29, 1.82) is 0 Å². The maximum absolute atomic E-state index is 13.8. The summed E-state index contributed by atoms with van der Waals surface area (Å²) in [5, 5.41) is 3.02. The average molecular weight is 439 g/mol. The third-order valence-electron chi connectivity index (χ3n) is 6.90. The summed E-state index contributed by atoms with van der Waals surface area (Å²) in [6, 6.07) is 4.82. The van der Waals surface area contributed by atoms with Crippen LogP contribution in [-0.4, -0.2) is 65.3 Å². The molecule has 3 heterocycles. The van der Waals surface area contributed by atoms with E-state index in [1.807, 2.05) is 30.9 Å². The van der Waals surface area contributed by atoms with Crippen LogP contribution in [0.25, 0.3) is 0 Å². The van der Waals surface area contributed by atoms with Gasteiger partial charge in [-0.1, -0.05) is 37.6 Å².